The van der Waals surface area contributed by atoms with Crippen LogP contribution in [0.15, 0.2) is 24.3 Å². The fourth-order valence-corrected chi connectivity index (χ4v) is 2.03. The standard InChI is InChI=1S/C14H19NO3/c1-15-10-13(16)12-4-2-3-5-14(12)18-11-6-8-17-9-7-11/h2-5,11,15H,6-10H2,1H3. The SMILES string of the molecule is CNCC(=O)c1ccccc1OC1CCOCC1. The summed E-state index contributed by atoms with van der Waals surface area (Å²) in [5.41, 5.74) is 0.651. The number of para-hydroxylation sites is 1. The third kappa shape index (κ3) is 3.31. The Labute approximate surface area is 107 Å². The van der Waals surface area contributed by atoms with Gasteiger partial charge in [-0.2, -0.15) is 0 Å². The molecule has 4 nitrogen and oxygen atoms in total. The van der Waals surface area contributed by atoms with E-state index in [0.717, 1.165) is 26.1 Å². The number of nitrogens with one attached hydrogen (secondary N) is 1. The number of hydrogen-bond acceptors (Lipinski definition) is 4. The van der Waals surface area contributed by atoms with Crippen LogP contribution in [0.25, 0.3) is 0 Å². The van der Waals surface area contributed by atoms with E-state index >= 15 is 0 Å². The van der Waals surface area contributed by atoms with Crippen LogP contribution in [0.3, 0.4) is 0 Å². The largest absolute Gasteiger partial charge is 0.489 e. The van der Waals surface area contributed by atoms with Gasteiger partial charge in [0.25, 0.3) is 0 Å². The summed E-state index contributed by atoms with van der Waals surface area (Å²) in [7, 11) is 1.76. The highest BCUT2D eigenvalue weighted by atomic mass is 16.5. The number of benzene rings is 1. The van der Waals surface area contributed by atoms with Gasteiger partial charge in [-0.15, -0.1) is 0 Å². The monoisotopic (exact) mass is 249 g/mol. The van der Waals surface area contributed by atoms with Crippen molar-refractivity contribution in [3.05, 3.63) is 29.8 Å². The van der Waals surface area contributed by atoms with Crippen molar-refractivity contribution in [3.8, 4) is 5.75 Å². The Morgan fingerprint density at radius 2 is 2.11 bits per heavy atom. The number of hydrogen-bond donors (Lipinski definition) is 1. The third-order valence-electron chi connectivity index (χ3n) is 2.99. The zero-order valence-electron chi connectivity index (χ0n) is 10.6. The Morgan fingerprint density at radius 1 is 1.39 bits per heavy atom. The van der Waals surface area contributed by atoms with E-state index in [4.69, 9.17) is 9.47 Å². The highest BCUT2D eigenvalue weighted by molar-refractivity contribution is 6.00. The molecule has 0 amide bonds. The number of carbonyl (C=O) groups is 1. The van der Waals surface area contributed by atoms with Gasteiger partial charge in [-0.3, -0.25) is 4.79 Å². The predicted molar refractivity (Wildman–Crippen MR) is 69.2 cm³/mol. The van der Waals surface area contributed by atoms with Crippen molar-refractivity contribution < 1.29 is 14.3 Å². The molecule has 0 spiro atoms. The lowest BCUT2D eigenvalue weighted by molar-refractivity contribution is 0.0252. The maximum absolute atomic E-state index is 11.9. The average Bonchev–Trinajstić information content (AvgIpc) is 2.41. The summed E-state index contributed by atoms with van der Waals surface area (Å²) in [6, 6.07) is 7.43. The topological polar surface area (TPSA) is 47.6 Å². The van der Waals surface area contributed by atoms with Crippen LogP contribution in [0.4, 0.5) is 0 Å². The Morgan fingerprint density at radius 3 is 2.83 bits per heavy atom. The predicted octanol–water partition coefficient (Wildman–Crippen LogP) is 1.65. The van der Waals surface area contributed by atoms with Crippen molar-refractivity contribution >= 4 is 5.78 Å². The van der Waals surface area contributed by atoms with Crippen LogP contribution >= 0.6 is 0 Å². The van der Waals surface area contributed by atoms with Crippen LogP contribution in [0.1, 0.15) is 23.2 Å². The Balaban J connectivity index is 2.08. The number of ether oxygens (including phenoxy) is 2. The van der Waals surface area contributed by atoms with Gasteiger partial charge in [0.1, 0.15) is 11.9 Å². The van der Waals surface area contributed by atoms with E-state index in [1.54, 1.807) is 7.05 Å². The van der Waals surface area contributed by atoms with Crippen LogP contribution in [-0.2, 0) is 4.74 Å². The van der Waals surface area contributed by atoms with Gasteiger partial charge in [0.15, 0.2) is 5.78 Å². The molecule has 1 aliphatic heterocycles. The van der Waals surface area contributed by atoms with Gasteiger partial charge in [0, 0.05) is 12.8 Å². The van der Waals surface area contributed by atoms with Crippen molar-refractivity contribution in [3.63, 3.8) is 0 Å². The number of rotatable bonds is 5. The zero-order chi connectivity index (χ0) is 12.8. The minimum absolute atomic E-state index is 0.0557. The Hall–Kier alpha value is -1.39. The highest BCUT2D eigenvalue weighted by Gasteiger charge is 2.18. The number of likely N-dealkylation sites (N-methyl/N-ethyl adjacent to an activating group) is 1. The molecule has 1 N–H and O–H groups in total. The second kappa shape index (κ2) is 6.52. The van der Waals surface area contributed by atoms with E-state index in [9.17, 15) is 4.79 Å². The second-order valence-electron chi connectivity index (χ2n) is 4.38. The molecular formula is C14H19NO3. The molecule has 1 saturated heterocycles. The molecule has 0 radical (unpaired) electrons. The van der Waals surface area contributed by atoms with Gasteiger partial charge in [-0.05, 0) is 19.2 Å². The highest BCUT2D eigenvalue weighted by Crippen LogP contribution is 2.22. The summed E-state index contributed by atoms with van der Waals surface area (Å²) in [5.74, 6) is 0.741. The average molecular weight is 249 g/mol. The molecular weight excluding hydrogens is 230 g/mol. The lowest BCUT2D eigenvalue weighted by atomic mass is 10.1. The lowest BCUT2D eigenvalue weighted by Crippen LogP contribution is -2.27. The molecule has 98 valence electrons. The minimum Gasteiger partial charge on any atom is -0.489 e. The molecule has 0 atom stereocenters. The molecule has 1 aromatic carbocycles. The molecule has 0 aromatic heterocycles. The molecule has 1 fully saturated rings. The normalized spacial score (nSPS) is 16.5. The summed E-state index contributed by atoms with van der Waals surface area (Å²) in [5, 5.41) is 2.87. The summed E-state index contributed by atoms with van der Waals surface area (Å²) in [6.07, 6.45) is 1.92. The Bertz CT molecular complexity index is 400. The first-order valence-corrected chi connectivity index (χ1v) is 6.32. The molecule has 1 aromatic rings. The van der Waals surface area contributed by atoms with Crippen LogP contribution < -0.4 is 10.1 Å². The minimum atomic E-state index is 0.0557. The van der Waals surface area contributed by atoms with E-state index in [1.165, 1.54) is 0 Å². The first-order valence-electron chi connectivity index (χ1n) is 6.32. The van der Waals surface area contributed by atoms with Crippen molar-refractivity contribution in [2.24, 2.45) is 0 Å². The number of carbonyl (C=O) groups excluding carboxylic acids is 1. The fourth-order valence-electron chi connectivity index (χ4n) is 2.03. The van der Waals surface area contributed by atoms with Crippen LogP contribution in [-0.4, -0.2) is 38.7 Å². The quantitative estimate of drug-likeness (QED) is 0.806. The van der Waals surface area contributed by atoms with E-state index in [-0.39, 0.29) is 11.9 Å². The first-order chi connectivity index (χ1) is 8.81. The lowest BCUT2D eigenvalue weighted by Gasteiger charge is -2.24. The van der Waals surface area contributed by atoms with E-state index in [1.807, 2.05) is 24.3 Å². The van der Waals surface area contributed by atoms with Gasteiger partial charge in [0.05, 0.1) is 25.3 Å². The van der Waals surface area contributed by atoms with Gasteiger partial charge < -0.3 is 14.8 Å². The summed E-state index contributed by atoms with van der Waals surface area (Å²) < 4.78 is 11.2. The number of ketones is 1. The van der Waals surface area contributed by atoms with Crippen molar-refractivity contribution in [1.82, 2.24) is 5.32 Å². The van der Waals surface area contributed by atoms with E-state index in [0.29, 0.717) is 17.9 Å². The van der Waals surface area contributed by atoms with Crippen molar-refractivity contribution in [1.29, 1.82) is 0 Å². The smallest absolute Gasteiger partial charge is 0.180 e. The molecule has 0 saturated carbocycles. The molecule has 0 bridgehead atoms. The van der Waals surface area contributed by atoms with Crippen LogP contribution in [0, 0.1) is 0 Å². The second-order valence-corrected chi connectivity index (χ2v) is 4.38. The van der Waals surface area contributed by atoms with Crippen LogP contribution in [0.2, 0.25) is 0 Å². The third-order valence-corrected chi connectivity index (χ3v) is 2.99. The summed E-state index contributed by atoms with van der Waals surface area (Å²) in [6.45, 7) is 1.79. The van der Waals surface area contributed by atoms with Gasteiger partial charge in [0.2, 0.25) is 0 Å². The Kier molecular flexibility index (Phi) is 4.73. The maximum atomic E-state index is 11.9. The molecule has 4 heteroatoms. The molecule has 1 heterocycles. The van der Waals surface area contributed by atoms with Crippen molar-refractivity contribution in [2.75, 3.05) is 26.8 Å². The molecule has 2 rings (SSSR count). The molecule has 1 aliphatic rings. The summed E-state index contributed by atoms with van der Waals surface area (Å²) in [4.78, 5) is 11.9. The van der Waals surface area contributed by atoms with Gasteiger partial charge in [-0.25, -0.2) is 0 Å². The number of Topliss-reactive ketones (excluding diaryl/α,β-unsaturated/α-hetero) is 1. The molecule has 0 aliphatic carbocycles. The summed E-state index contributed by atoms with van der Waals surface area (Å²) >= 11 is 0. The molecule has 0 unspecified atom stereocenters. The molecule has 18 heavy (non-hydrogen) atoms. The van der Waals surface area contributed by atoms with Crippen molar-refractivity contribution in [2.45, 2.75) is 18.9 Å². The van der Waals surface area contributed by atoms with Crippen LogP contribution in [0.5, 0.6) is 5.75 Å². The first kappa shape index (κ1) is 13.1. The zero-order valence-corrected chi connectivity index (χ0v) is 10.6. The van der Waals surface area contributed by atoms with E-state index < -0.39 is 0 Å². The van der Waals surface area contributed by atoms with Gasteiger partial charge in [-0.1, -0.05) is 12.1 Å². The van der Waals surface area contributed by atoms with Gasteiger partial charge >= 0.3 is 0 Å². The van der Waals surface area contributed by atoms with E-state index in [2.05, 4.69) is 5.32 Å². The maximum Gasteiger partial charge on any atom is 0.180 e. The fraction of sp³-hybridized carbons (Fsp3) is 0.500.